The molecule has 7 heteroatoms. The van der Waals surface area contributed by atoms with Crippen molar-refractivity contribution < 1.29 is 14.3 Å². The Balaban J connectivity index is 1.52. The van der Waals surface area contributed by atoms with Gasteiger partial charge in [-0.25, -0.2) is 0 Å². The average Bonchev–Trinajstić information content (AvgIpc) is 2.79. The number of hydrogen-bond acceptors (Lipinski definition) is 3. The van der Waals surface area contributed by atoms with Crippen LogP contribution in [0.25, 0.3) is 0 Å². The van der Waals surface area contributed by atoms with E-state index in [4.69, 9.17) is 27.9 Å². The van der Waals surface area contributed by atoms with Crippen LogP contribution in [0.5, 0.6) is 5.75 Å². The van der Waals surface area contributed by atoms with Gasteiger partial charge < -0.3 is 15.0 Å². The Hall–Kier alpha value is -3.02. The van der Waals surface area contributed by atoms with Crippen molar-refractivity contribution in [3.05, 3.63) is 87.9 Å². The Morgan fingerprint density at radius 1 is 1.03 bits per heavy atom. The molecule has 3 aromatic rings. The smallest absolute Gasteiger partial charge is 0.267 e. The number of nitrogens with one attached hydrogen (secondary N) is 1. The van der Waals surface area contributed by atoms with Crippen molar-refractivity contribution in [3.63, 3.8) is 0 Å². The third-order valence-electron chi connectivity index (χ3n) is 5.30. The first-order valence-corrected chi connectivity index (χ1v) is 11.1. The molecule has 1 aliphatic rings. The molecule has 1 unspecified atom stereocenters. The number of benzene rings is 3. The number of aryl methyl sites for hydroxylation is 1. The first-order chi connectivity index (χ1) is 15.4. The van der Waals surface area contributed by atoms with Crippen molar-refractivity contribution in [1.82, 2.24) is 0 Å². The Kier molecular flexibility index (Phi) is 6.68. The fourth-order valence-corrected chi connectivity index (χ4v) is 3.94. The number of amides is 2. The minimum Gasteiger partial charge on any atom is -0.479 e. The number of anilines is 2. The predicted octanol–water partition coefficient (Wildman–Crippen LogP) is 5.99. The Labute approximate surface area is 196 Å². The summed E-state index contributed by atoms with van der Waals surface area (Å²) in [5.74, 6) is 0.193. The number of hydrogen-bond donors (Lipinski definition) is 1. The fourth-order valence-electron chi connectivity index (χ4n) is 3.64. The molecule has 4 rings (SSSR count). The molecular weight excluding hydrogens is 447 g/mol. The third kappa shape index (κ3) is 4.90. The van der Waals surface area contributed by atoms with Crippen LogP contribution in [0.3, 0.4) is 0 Å². The second-order valence-electron chi connectivity index (χ2n) is 7.60. The zero-order valence-electron chi connectivity index (χ0n) is 17.5. The van der Waals surface area contributed by atoms with E-state index in [-0.39, 0.29) is 11.8 Å². The molecule has 32 heavy (non-hydrogen) atoms. The number of carbonyl (C=O) groups is 2. The normalized spacial score (nSPS) is 15.2. The van der Waals surface area contributed by atoms with Gasteiger partial charge >= 0.3 is 0 Å². The zero-order valence-corrected chi connectivity index (χ0v) is 19.0. The molecule has 0 aliphatic carbocycles. The van der Waals surface area contributed by atoms with E-state index < -0.39 is 6.10 Å². The molecule has 2 amide bonds. The minimum absolute atomic E-state index is 0.0986. The molecule has 1 atom stereocenters. The lowest BCUT2D eigenvalue weighted by Crippen LogP contribution is -2.45. The summed E-state index contributed by atoms with van der Waals surface area (Å²) in [4.78, 5) is 27.2. The van der Waals surface area contributed by atoms with E-state index in [2.05, 4.69) is 17.4 Å². The van der Waals surface area contributed by atoms with E-state index in [0.29, 0.717) is 39.3 Å². The van der Waals surface area contributed by atoms with Crippen LogP contribution in [0, 0.1) is 0 Å². The van der Waals surface area contributed by atoms with Gasteiger partial charge in [0, 0.05) is 17.8 Å². The third-order valence-corrected chi connectivity index (χ3v) is 6.04. The molecule has 0 saturated heterocycles. The van der Waals surface area contributed by atoms with E-state index in [0.717, 1.165) is 12.8 Å². The summed E-state index contributed by atoms with van der Waals surface area (Å²) >= 11 is 12.0. The summed E-state index contributed by atoms with van der Waals surface area (Å²) in [5.41, 5.74) is 2.81. The molecule has 0 saturated carbocycles. The number of ether oxygens (including phenoxy) is 1. The highest BCUT2D eigenvalue weighted by atomic mass is 35.5. The van der Waals surface area contributed by atoms with Crippen molar-refractivity contribution in [2.24, 2.45) is 0 Å². The Morgan fingerprint density at radius 3 is 2.56 bits per heavy atom. The molecule has 164 valence electrons. The van der Waals surface area contributed by atoms with Crippen LogP contribution in [-0.4, -0.2) is 24.5 Å². The summed E-state index contributed by atoms with van der Waals surface area (Å²) < 4.78 is 5.78. The maximum atomic E-state index is 12.8. The van der Waals surface area contributed by atoms with Crippen molar-refractivity contribution in [2.75, 3.05) is 16.8 Å². The van der Waals surface area contributed by atoms with Crippen LogP contribution >= 0.6 is 23.2 Å². The van der Waals surface area contributed by atoms with E-state index in [1.165, 1.54) is 11.6 Å². The summed E-state index contributed by atoms with van der Waals surface area (Å²) in [5, 5.41) is 3.54. The summed E-state index contributed by atoms with van der Waals surface area (Å²) in [7, 11) is 0. The van der Waals surface area contributed by atoms with Crippen LogP contribution in [0.1, 0.15) is 29.3 Å². The van der Waals surface area contributed by atoms with Crippen LogP contribution in [0.15, 0.2) is 66.7 Å². The topological polar surface area (TPSA) is 58.6 Å². The molecule has 1 aliphatic heterocycles. The molecule has 0 radical (unpaired) electrons. The number of carbonyl (C=O) groups excluding carboxylic acids is 2. The minimum atomic E-state index is -0.559. The molecule has 0 aromatic heterocycles. The van der Waals surface area contributed by atoms with Gasteiger partial charge in [0.25, 0.3) is 11.8 Å². The van der Waals surface area contributed by atoms with Crippen LogP contribution < -0.4 is 15.0 Å². The number of fused-ring (bicyclic) bond motifs is 1. The monoisotopic (exact) mass is 468 g/mol. The van der Waals surface area contributed by atoms with Crippen molar-refractivity contribution in [1.29, 1.82) is 0 Å². The SMILES string of the molecule is CC1Oc2ccc(NC(=O)c3ccc(Cl)c(Cl)c3)cc2N(CCCc2ccccc2)C1=O. The second kappa shape index (κ2) is 9.63. The fraction of sp³-hybridized carbons (Fsp3) is 0.200. The average molecular weight is 469 g/mol. The first kappa shape index (κ1) is 22.2. The molecule has 0 bridgehead atoms. The molecular formula is C25H22Cl2N2O3. The van der Waals surface area contributed by atoms with Gasteiger partial charge in [0.15, 0.2) is 6.10 Å². The van der Waals surface area contributed by atoms with Crippen LogP contribution in [-0.2, 0) is 11.2 Å². The van der Waals surface area contributed by atoms with Gasteiger partial charge in [0.1, 0.15) is 5.75 Å². The molecule has 3 aromatic carbocycles. The van der Waals surface area contributed by atoms with Crippen LogP contribution in [0.2, 0.25) is 10.0 Å². The molecule has 1 N–H and O–H groups in total. The van der Waals surface area contributed by atoms with Crippen LogP contribution in [0.4, 0.5) is 11.4 Å². The lowest BCUT2D eigenvalue weighted by Gasteiger charge is -2.33. The molecule has 5 nitrogen and oxygen atoms in total. The van der Waals surface area contributed by atoms with Gasteiger partial charge in [0.05, 0.1) is 15.7 Å². The summed E-state index contributed by atoms with van der Waals surface area (Å²) in [6.45, 7) is 2.30. The van der Waals surface area contributed by atoms with E-state index >= 15 is 0 Å². The highest BCUT2D eigenvalue weighted by molar-refractivity contribution is 6.42. The Bertz CT molecular complexity index is 1150. The van der Waals surface area contributed by atoms with Gasteiger partial charge in [-0.3, -0.25) is 9.59 Å². The molecule has 0 spiro atoms. The maximum Gasteiger partial charge on any atom is 0.267 e. The number of halogens is 2. The van der Waals surface area contributed by atoms with Gasteiger partial charge in [-0.15, -0.1) is 0 Å². The first-order valence-electron chi connectivity index (χ1n) is 10.3. The predicted molar refractivity (Wildman–Crippen MR) is 128 cm³/mol. The zero-order chi connectivity index (χ0) is 22.7. The quantitative estimate of drug-likeness (QED) is 0.482. The summed E-state index contributed by atoms with van der Waals surface area (Å²) in [6.07, 6.45) is 1.11. The second-order valence-corrected chi connectivity index (χ2v) is 8.42. The molecule has 1 heterocycles. The highest BCUT2D eigenvalue weighted by Crippen LogP contribution is 2.36. The van der Waals surface area contributed by atoms with Crippen molar-refractivity contribution in [2.45, 2.75) is 25.9 Å². The number of nitrogens with zero attached hydrogens (tertiary/aromatic N) is 1. The van der Waals surface area contributed by atoms with Gasteiger partial charge in [-0.2, -0.15) is 0 Å². The standard InChI is InChI=1S/C25H22Cl2N2O3/c1-16-25(31)29(13-5-8-17-6-3-2-4-7-17)22-15-19(10-12-23(22)32-16)28-24(30)18-9-11-20(26)21(27)14-18/h2-4,6-7,9-12,14-16H,5,8,13H2,1H3,(H,28,30). The van der Waals surface area contributed by atoms with E-state index in [1.807, 2.05) is 18.2 Å². The number of rotatable bonds is 6. The van der Waals surface area contributed by atoms with E-state index in [1.54, 1.807) is 42.2 Å². The molecule has 0 fully saturated rings. The van der Waals surface area contributed by atoms with Gasteiger partial charge in [0.2, 0.25) is 0 Å². The Morgan fingerprint density at radius 2 is 1.81 bits per heavy atom. The lowest BCUT2D eigenvalue weighted by molar-refractivity contribution is -0.125. The van der Waals surface area contributed by atoms with Crippen molar-refractivity contribution >= 4 is 46.4 Å². The summed E-state index contributed by atoms with van der Waals surface area (Å²) in [6, 6.07) is 20.1. The van der Waals surface area contributed by atoms with Gasteiger partial charge in [-0.05, 0) is 61.7 Å². The van der Waals surface area contributed by atoms with Crippen molar-refractivity contribution in [3.8, 4) is 5.75 Å². The van der Waals surface area contributed by atoms with E-state index in [9.17, 15) is 9.59 Å². The largest absolute Gasteiger partial charge is 0.479 e. The van der Waals surface area contributed by atoms with Gasteiger partial charge in [-0.1, -0.05) is 53.5 Å². The highest BCUT2D eigenvalue weighted by Gasteiger charge is 2.31. The lowest BCUT2D eigenvalue weighted by atomic mass is 10.1. The maximum absolute atomic E-state index is 12.8.